The van der Waals surface area contributed by atoms with E-state index < -0.39 is 0 Å². The van der Waals surface area contributed by atoms with E-state index >= 15 is 0 Å². The molecule has 0 radical (unpaired) electrons. The Morgan fingerprint density at radius 1 is 1.24 bits per heavy atom. The molecule has 1 saturated heterocycles. The van der Waals surface area contributed by atoms with Crippen molar-refractivity contribution in [2.45, 2.75) is 38.2 Å². The minimum absolute atomic E-state index is 0.0848. The molecule has 5 heteroatoms. The zero-order chi connectivity index (χ0) is 18.0. The highest BCUT2D eigenvalue weighted by molar-refractivity contribution is 6.34. The van der Waals surface area contributed by atoms with Gasteiger partial charge in [-0.15, -0.1) is 0 Å². The molecule has 0 N–H and O–H groups in total. The molecule has 0 aromatic heterocycles. The molecule has 1 amide bonds. The summed E-state index contributed by atoms with van der Waals surface area (Å²) in [6.07, 6.45) is 6.61. The van der Waals surface area contributed by atoms with Crippen molar-refractivity contribution in [2.75, 3.05) is 34.2 Å². The maximum atomic E-state index is 12.0. The Bertz CT molecular complexity index is 606. The van der Waals surface area contributed by atoms with Gasteiger partial charge < -0.3 is 14.5 Å². The van der Waals surface area contributed by atoms with Crippen LogP contribution in [0.15, 0.2) is 18.2 Å². The van der Waals surface area contributed by atoms with Gasteiger partial charge in [-0.25, -0.2) is 0 Å². The average molecular weight is 365 g/mol. The first-order valence-electron chi connectivity index (χ1n) is 9.28. The van der Waals surface area contributed by atoms with Crippen molar-refractivity contribution in [3.8, 4) is 5.75 Å². The van der Waals surface area contributed by atoms with Gasteiger partial charge in [0.25, 0.3) is 5.91 Å². The van der Waals surface area contributed by atoms with Crippen LogP contribution in [0, 0.1) is 11.8 Å². The highest BCUT2D eigenvalue weighted by atomic mass is 35.5. The summed E-state index contributed by atoms with van der Waals surface area (Å²) >= 11 is 6.25. The predicted molar refractivity (Wildman–Crippen MR) is 101 cm³/mol. The second kappa shape index (κ2) is 7.96. The lowest BCUT2D eigenvalue weighted by atomic mass is 9.74. The molecule has 2 fully saturated rings. The minimum Gasteiger partial charge on any atom is -0.490 e. The third kappa shape index (κ3) is 4.68. The van der Waals surface area contributed by atoms with Crippen molar-refractivity contribution in [3.05, 3.63) is 28.8 Å². The molecule has 0 atom stereocenters. The summed E-state index contributed by atoms with van der Waals surface area (Å²) in [6.45, 7) is 2.49. The minimum atomic E-state index is -0.0848. The fourth-order valence-electron chi connectivity index (χ4n) is 3.91. The third-order valence-corrected chi connectivity index (χ3v) is 5.89. The van der Waals surface area contributed by atoms with Crippen LogP contribution in [-0.4, -0.2) is 56.0 Å². The molecule has 3 rings (SSSR count). The Morgan fingerprint density at radius 2 is 1.92 bits per heavy atom. The summed E-state index contributed by atoms with van der Waals surface area (Å²) < 4.78 is 6.05. The number of ether oxygens (including phenoxy) is 1. The fourth-order valence-corrected chi connectivity index (χ4v) is 4.16. The summed E-state index contributed by atoms with van der Waals surface area (Å²) in [5.74, 6) is 2.39. The molecule has 0 bridgehead atoms. The molecule has 1 aromatic rings. The zero-order valence-corrected chi connectivity index (χ0v) is 16.3. The first kappa shape index (κ1) is 18.5. The quantitative estimate of drug-likeness (QED) is 0.793. The summed E-state index contributed by atoms with van der Waals surface area (Å²) in [6, 6.07) is 5.38. The first-order chi connectivity index (χ1) is 11.9. The molecular formula is C20H29ClN2O2. The highest BCUT2D eigenvalue weighted by Crippen LogP contribution is 2.38. The van der Waals surface area contributed by atoms with E-state index in [-0.39, 0.29) is 5.91 Å². The standard InChI is InChI=1S/C20H29ClN2O2/c1-22(2)20(24)18-5-4-16(13-19(18)21)25-17-11-15(12-17)10-14-6-8-23(3)9-7-14/h4-5,13-15,17H,6-12H2,1-3H3. The van der Waals surface area contributed by atoms with Crippen LogP contribution in [0.2, 0.25) is 5.02 Å². The first-order valence-corrected chi connectivity index (χ1v) is 9.66. The van der Waals surface area contributed by atoms with Gasteiger partial charge in [0.2, 0.25) is 0 Å². The predicted octanol–water partition coefficient (Wildman–Crippen LogP) is 3.93. The lowest BCUT2D eigenvalue weighted by Gasteiger charge is -2.39. The number of carbonyl (C=O) groups is 1. The van der Waals surface area contributed by atoms with E-state index in [1.54, 1.807) is 26.2 Å². The van der Waals surface area contributed by atoms with Crippen molar-refractivity contribution >= 4 is 17.5 Å². The maximum Gasteiger partial charge on any atom is 0.254 e. The lowest BCUT2D eigenvalue weighted by molar-refractivity contribution is 0.0451. The number of amides is 1. The number of likely N-dealkylation sites (tertiary alicyclic amines) is 1. The van der Waals surface area contributed by atoms with Crippen LogP contribution in [0.25, 0.3) is 0 Å². The van der Waals surface area contributed by atoms with Crippen LogP contribution < -0.4 is 4.74 Å². The van der Waals surface area contributed by atoms with E-state index in [0.717, 1.165) is 30.4 Å². The summed E-state index contributed by atoms with van der Waals surface area (Å²) in [4.78, 5) is 16.0. The third-order valence-electron chi connectivity index (χ3n) is 5.58. The number of hydrogen-bond donors (Lipinski definition) is 0. The van der Waals surface area contributed by atoms with Gasteiger partial charge in [-0.05, 0) is 82.3 Å². The fraction of sp³-hybridized carbons (Fsp3) is 0.650. The van der Waals surface area contributed by atoms with Gasteiger partial charge in [0, 0.05) is 14.1 Å². The number of benzene rings is 1. The number of nitrogens with zero attached hydrogens (tertiary/aromatic N) is 2. The van der Waals surface area contributed by atoms with Crippen LogP contribution in [0.5, 0.6) is 5.75 Å². The molecule has 1 aromatic carbocycles. The molecule has 1 saturated carbocycles. The number of hydrogen-bond acceptors (Lipinski definition) is 3. The maximum absolute atomic E-state index is 12.0. The molecule has 1 heterocycles. The van der Waals surface area contributed by atoms with E-state index in [2.05, 4.69) is 11.9 Å². The van der Waals surface area contributed by atoms with Crippen molar-refractivity contribution < 1.29 is 9.53 Å². The Hall–Kier alpha value is -1.26. The van der Waals surface area contributed by atoms with Crippen LogP contribution in [-0.2, 0) is 0 Å². The molecular weight excluding hydrogens is 336 g/mol. The van der Waals surface area contributed by atoms with Gasteiger partial charge >= 0.3 is 0 Å². The largest absolute Gasteiger partial charge is 0.490 e. The van der Waals surface area contributed by atoms with E-state index in [1.807, 2.05) is 6.07 Å². The van der Waals surface area contributed by atoms with Crippen molar-refractivity contribution in [2.24, 2.45) is 11.8 Å². The molecule has 1 aliphatic carbocycles. The van der Waals surface area contributed by atoms with Crippen LogP contribution in [0.3, 0.4) is 0 Å². The van der Waals surface area contributed by atoms with Crippen molar-refractivity contribution in [1.29, 1.82) is 0 Å². The molecule has 0 unspecified atom stereocenters. The zero-order valence-electron chi connectivity index (χ0n) is 15.5. The normalized spacial score (nSPS) is 24.6. The van der Waals surface area contributed by atoms with E-state index in [4.69, 9.17) is 16.3 Å². The number of piperidine rings is 1. The molecule has 1 aliphatic heterocycles. The van der Waals surface area contributed by atoms with Gasteiger partial charge in [0.05, 0.1) is 16.7 Å². The Kier molecular flexibility index (Phi) is 5.90. The van der Waals surface area contributed by atoms with Gasteiger partial charge in [0.15, 0.2) is 0 Å². The van der Waals surface area contributed by atoms with E-state index in [9.17, 15) is 4.79 Å². The molecule has 4 nitrogen and oxygen atoms in total. The molecule has 138 valence electrons. The second-order valence-corrected chi connectivity index (χ2v) is 8.31. The van der Waals surface area contributed by atoms with Crippen molar-refractivity contribution in [1.82, 2.24) is 9.80 Å². The summed E-state index contributed by atoms with van der Waals surface area (Å²) in [5, 5.41) is 0.457. The van der Waals surface area contributed by atoms with Crippen LogP contribution >= 0.6 is 11.6 Å². The Morgan fingerprint density at radius 3 is 2.52 bits per heavy atom. The number of halogens is 1. The van der Waals surface area contributed by atoms with Crippen molar-refractivity contribution in [3.63, 3.8) is 0 Å². The molecule has 2 aliphatic rings. The molecule has 0 spiro atoms. The van der Waals surface area contributed by atoms with E-state index in [1.165, 1.54) is 37.3 Å². The summed E-state index contributed by atoms with van der Waals surface area (Å²) in [5.41, 5.74) is 0.521. The lowest BCUT2D eigenvalue weighted by Crippen LogP contribution is -2.37. The van der Waals surface area contributed by atoms with E-state index in [0.29, 0.717) is 16.7 Å². The van der Waals surface area contributed by atoms with Gasteiger partial charge in [-0.1, -0.05) is 11.6 Å². The van der Waals surface area contributed by atoms with Gasteiger partial charge in [-0.3, -0.25) is 4.79 Å². The summed E-state index contributed by atoms with van der Waals surface area (Å²) in [7, 11) is 5.66. The average Bonchev–Trinajstić information content (AvgIpc) is 2.54. The topological polar surface area (TPSA) is 32.8 Å². The number of carbonyl (C=O) groups excluding carboxylic acids is 1. The van der Waals surface area contributed by atoms with Crippen LogP contribution in [0.1, 0.15) is 42.5 Å². The monoisotopic (exact) mass is 364 g/mol. The Labute approximate surface area is 156 Å². The van der Waals surface area contributed by atoms with Gasteiger partial charge in [0.1, 0.15) is 5.75 Å². The number of rotatable bonds is 5. The smallest absolute Gasteiger partial charge is 0.254 e. The second-order valence-electron chi connectivity index (χ2n) is 7.90. The molecule has 25 heavy (non-hydrogen) atoms. The van der Waals surface area contributed by atoms with Crippen LogP contribution in [0.4, 0.5) is 0 Å². The van der Waals surface area contributed by atoms with Gasteiger partial charge in [-0.2, -0.15) is 0 Å². The Balaban J connectivity index is 1.45. The highest BCUT2D eigenvalue weighted by Gasteiger charge is 2.33. The SMILES string of the molecule is CN1CCC(CC2CC(Oc3ccc(C(=O)N(C)C)c(Cl)c3)C2)CC1.